The Morgan fingerprint density at radius 2 is 2.00 bits per heavy atom. The second-order valence-corrected chi connectivity index (χ2v) is 4.00. The van der Waals surface area contributed by atoms with E-state index in [1.807, 2.05) is 0 Å². The minimum atomic E-state index is -1.01. The Kier molecular flexibility index (Phi) is 5.14. The first-order chi connectivity index (χ1) is 6.79. The van der Waals surface area contributed by atoms with E-state index >= 15 is 0 Å². The lowest BCUT2D eigenvalue weighted by Crippen LogP contribution is -2.05. The summed E-state index contributed by atoms with van der Waals surface area (Å²) in [4.78, 5) is 10.1. The zero-order chi connectivity index (χ0) is 10.2. The van der Waals surface area contributed by atoms with Crippen LogP contribution >= 0.6 is 0 Å². The summed E-state index contributed by atoms with van der Waals surface area (Å²) >= 11 is 0. The molecule has 14 heavy (non-hydrogen) atoms. The lowest BCUT2D eigenvalue weighted by Gasteiger charge is -2.20. The van der Waals surface area contributed by atoms with Crippen molar-refractivity contribution >= 4 is 5.97 Å². The van der Waals surface area contributed by atoms with Crippen molar-refractivity contribution in [1.29, 1.82) is 0 Å². The fourth-order valence-corrected chi connectivity index (χ4v) is 2.09. The Bertz CT molecular complexity index is 228. The molecule has 0 aromatic heterocycles. The highest BCUT2D eigenvalue weighted by molar-refractivity contribution is 5.86. The zero-order valence-corrected chi connectivity index (χ0v) is 8.59. The van der Waals surface area contributed by atoms with Gasteiger partial charge in [0.2, 0.25) is 0 Å². The predicted molar refractivity (Wildman–Crippen MR) is 55.8 cm³/mol. The number of carboxylic acid groups (broad SMARTS) is 1. The van der Waals surface area contributed by atoms with Crippen molar-refractivity contribution in [2.45, 2.75) is 51.4 Å². The Balaban J connectivity index is 2.03. The van der Waals surface area contributed by atoms with Crippen molar-refractivity contribution in [1.82, 2.24) is 0 Å². The third-order valence-corrected chi connectivity index (χ3v) is 2.83. The van der Waals surface area contributed by atoms with Gasteiger partial charge in [0.05, 0.1) is 0 Å². The molecule has 78 valence electrons. The number of carbonyl (C=O) groups is 1. The molecular weight excluding hydrogens is 176 g/mol. The number of unbranched alkanes of at least 4 members (excludes halogenated alkanes) is 1. The fourth-order valence-electron chi connectivity index (χ4n) is 2.09. The summed E-state index contributed by atoms with van der Waals surface area (Å²) in [5.74, 6) is 4.70. The summed E-state index contributed by atoms with van der Waals surface area (Å²) in [5, 5.41) is 8.29. The molecule has 0 aromatic rings. The molecule has 1 aliphatic rings. The molecule has 0 heterocycles. The lowest BCUT2D eigenvalue weighted by atomic mass is 9.86. The molecule has 1 aliphatic carbocycles. The molecular formula is C12H18O2. The molecule has 1 rings (SSSR count). The molecule has 0 spiro atoms. The van der Waals surface area contributed by atoms with E-state index in [1.165, 1.54) is 38.5 Å². The molecule has 0 aromatic carbocycles. The zero-order valence-electron chi connectivity index (χ0n) is 8.59. The van der Waals surface area contributed by atoms with Crippen LogP contribution in [-0.2, 0) is 4.79 Å². The third-order valence-electron chi connectivity index (χ3n) is 2.83. The van der Waals surface area contributed by atoms with Crippen molar-refractivity contribution < 1.29 is 9.90 Å². The Morgan fingerprint density at radius 1 is 1.29 bits per heavy atom. The number of carboxylic acids is 1. The van der Waals surface area contributed by atoms with Crippen LogP contribution in [0.4, 0.5) is 0 Å². The summed E-state index contributed by atoms with van der Waals surface area (Å²) in [7, 11) is 0. The Labute approximate surface area is 85.7 Å². The molecule has 0 saturated heterocycles. The van der Waals surface area contributed by atoms with E-state index < -0.39 is 5.97 Å². The van der Waals surface area contributed by atoms with Crippen molar-refractivity contribution in [2.24, 2.45) is 5.92 Å². The molecule has 0 unspecified atom stereocenters. The average Bonchev–Trinajstić information content (AvgIpc) is 2.18. The summed E-state index contributed by atoms with van der Waals surface area (Å²) in [6.45, 7) is 0. The highest BCUT2D eigenvalue weighted by atomic mass is 16.4. The van der Waals surface area contributed by atoms with Crippen LogP contribution in [0.1, 0.15) is 51.4 Å². The first-order valence-electron chi connectivity index (χ1n) is 5.51. The first kappa shape index (κ1) is 11.1. The predicted octanol–water partition coefficient (Wildman–Crippen LogP) is 2.83. The molecule has 1 N–H and O–H groups in total. The van der Waals surface area contributed by atoms with E-state index in [-0.39, 0.29) is 0 Å². The van der Waals surface area contributed by atoms with Gasteiger partial charge < -0.3 is 5.11 Å². The molecule has 1 fully saturated rings. The van der Waals surface area contributed by atoms with Crippen molar-refractivity contribution in [3.63, 3.8) is 0 Å². The molecule has 1 saturated carbocycles. The van der Waals surface area contributed by atoms with Gasteiger partial charge in [0, 0.05) is 12.3 Å². The van der Waals surface area contributed by atoms with Gasteiger partial charge in [0.1, 0.15) is 0 Å². The molecule has 2 nitrogen and oxygen atoms in total. The maximum absolute atomic E-state index is 10.1. The highest BCUT2D eigenvalue weighted by Crippen LogP contribution is 2.27. The van der Waals surface area contributed by atoms with E-state index in [1.54, 1.807) is 0 Å². The lowest BCUT2D eigenvalue weighted by molar-refractivity contribution is -0.130. The summed E-state index contributed by atoms with van der Waals surface area (Å²) in [6.07, 6.45) is 9.92. The highest BCUT2D eigenvalue weighted by Gasteiger charge is 2.11. The average molecular weight is 194 g/mol. The van der Waals surface area contributed by atoms with Crippen LogP contribution in [0.25, 0.3) is 0 Å². The normalized spacial score (nSPS) is 17.1. The Morgan fingerprint density at radius 3 is 2.64 bits per heavy atom. The molecule has 0 atom stereocenters. The summed E-state index contributed by atoms with van der Waals surface area (Å²) < 4.78 is 0. The van der Waals surface area contributed by atoms with E-state index in [2.05, 4.69) is 11.8 Å². The first-order valence-corrected chi connectivity index (χ1v) is 5.51. The largest absolute Gasteiger partial charge is 0.472 e. The minimum Gasteiger partial charge on any atom is -0.472 e. The van der Waals surface area contributed by atoms with Crippen LogP contribution in [0, 0.1) is 17.8 Å². The number of hydrogen-bond acceptors (Lipinski definition) is 1. The fraction of sp³-hybridized carbons (Fsp3) is 0.750. The van der Waals surface area contributed by atoms with Crippen LogP contribution in [0.2, 0.25) is 0 Å². The maximum Gasteiger partial charge on any atom is 0.381 e. The van der Waals surface area contributed by atoms with Crippen LogP contribution < -0.4 is 0 Å². The summed E-state index contributed by atoms with van der Waals surface area (Å²) in [6, 6.07) is 0. The van der Waals surface area contributed by atoms with Crippen molar-refractivity contribution in [3.05, 3.63) is 0 Å². The standard InChI is InChI=1S/C12H18O2/c13-12(14)10-6-2-5-9-11-7-3-1-4-8-11/h11H,1-5,7-9H2,(H,13,14). The van der Waals surface area contributed by atoms with Crippen LogP contribution in [0.3, 0.4) is 0 Å². The van der Waals surface area contributed by atoms with Crippen LogP contribution in [0.5, 0.6) is 0 Å². The third kappa shape index (κ3) is 4.91. The van der Waals surface area contributed by atoms with Gasteiger partial charge >= 0.3 is 5.97 Å². The van der Waals surface area contributed by atoms with Gasteiger partial charge in [0.25, 0.3) is 0 Å². The minimum absolute atomic E-state index is 0.739. The number of aliphatic carboxylic acids is 1. The van der Waals surface area contributed by atoms with Crippen LogP contribution in [-0.4, -0.2) is 11.1 Å². The van der Waals surface area contributed by atoms with Gasteiger partial charge in [-0.05, 0) is 18.8 Å². The topological polar surface area (TPSA) is 37.3 Å². The number of hydrogen-bond donors (Lipinski definition) is 1. The monoisotopic (exact) mass is 194 g/mol. The van der Waals surface area contributed by atoms with Gasteiger partial charge in [-0.15, -0.1) is 0 Å². The van der Waals surface area contributed by atoms with Gasteiger partial charge in [-0.25, -0.2) is 4.79 Å². The maximum atomic E-state index is 10.1. The van der Waals surface area contributed by atoms with E-state index in [9.17, 15) is 4.79 Å². The SMILES string of the molecule is O=C(O)C#CCCCC1CCCCC1. The summed E-state index contributed by atoms with van der Waals surface area (Å²) in [5.41, 5.74) is 0. The molecule has 0 radical (unpaired) electrons. The van der Waals surface area contributed by atoms with Crippen molar-refractivity contribution in [2.75, 3.05) is 0 Å². The second-order valence-electron chi connectivity index (χ2n) is 4.00. The van der Waals surface area contributed by atoms with Gasteiger partial charge in [-0.2, -0.15) is 0 Å². The Hall–Kier alpha value is -0.970. The van der Waals surface area contributed by atoms with Gasteiger partial charge in [0.15, 0.2) is 0 Å². The van der Waals surface area contributed by atoms with Crippen LogP contribution in [0.15, 0.2) is 0 Å². The second kappa shape index (κ2) is 6.48. The van der Waals surface area contributed by atoms with E-state index in [0.717, 1.165) is 18.8 Å². The molecule has 0 bridgehead atoms. The smallest absolute Gasteiger partial charge is 0.381 e. The van der Waals surface area contributed by atoms with Gasteiger partial charge in [-0.3, -0.25) is 0 Å². The van der Waals surface area contributed by atoms with Crippen molar-refractivity contribution in [3.8, 4) is 11.8 Å². The molecule has 0 aliphatic heterocycles. The number of rotatable bonds is 3. The van der Waals surface area contributed by atoms with E-state index in [4.69, 9.17) is 5.11 Å². The quantitative estimate of drug-likeness (QED) is 0.554. The molecule has 2 heteroatoms. The van der Waals surface area contributed by atoms with E-state index in [0.29, 0.717) is 0 Å². The van der Waals surface area contributed by atoms with Gasteiger partial charge in [-0.1, -0.05) is 38.0 Å². The molecule has 0 amide bonds.